The van der Waals surface area contributed by atoms with E-state index in [4.69, 9.17) is 30.5 Å². The Kier molecular flexibility index (Phi) is 7.95. The van der Waals surface area contributed by atoms with E-state index in [1.807, 2.05) is 25.1 Å². The normalized spacial score (nSPS) is 10.1. The van der Waals surface area contributed by atoms with Crippen molar-refractivity contribution in [1.82, 2.24) is 5.32 Å². The molecule has 0 atom stereocenters. The van der Waals surface area contributed by atoms with Crippen LogP contribution in [-0.4, -0.2) is 39.3 Å². The maximum atomic E-state index is 12.2. The Bertz CT molecular complexity index is 839. The van der Waals surface area contributed by atoms with Gasteiger partial charge in [0.1, 0.15) is 5.75 Å². The Morgan fingerprint density at radius 1 is 1.11 bits per heavy atom. The maximum absolute atomic E-state index is 12.2. The molecule has 7 nitrogen and oxygen atoms in total. The van der Waals surface area contributed by atoms with Gasteiger partial charge in [0, 0.05) is 6.54 Å². The summed E-state index contributed by atoms with van der Waals surface area (Å²) in [6.45, 7) is 2.07. The molecular formula is C20H22ClNO6. The lowest BCUT2D eigenvalue weighted by Crippen LogP contribution is -2.28. The Morgan fingerprint density at radius 2 is 1.89 bits per heavy atom. The Morgan fingerprint density at radius 3 is 2.57 bits per heavy atom. The summed E-state index contributed by atoms with van der Waals surface area (Å²) in [5.74, 6) is 0.225. The van der Waals surface area contributed by atoms with Crippen LogP contribution in [0.25, 0.3) is 0 Å². The number of hydrogen-bond acceptors (Lipinski definition) is 6. The summed E-state index contributed by atoms with van der Waals surface area (Å²) < 4.78 is 20.8. The number of amides is 1. The van der Waals surface area contributed by atoms with Gasteiger partial charge in [0.15, 0.2) is 18.1 Å². The van der Waals surface area contributed by atoms with Crippen molar-refractivity contribution in [1.29, 1.82) is 0 Å². The highest BCUT2D eigenvalue weighted by atomic mass is 35.5. The molecule has 0 aromatic heterocycles. The van der Waals surface area contributed by atoms with E-state index in [1.54, 1.807) is 13.2 Å². The second-order valence-corrected chi connectivity index (χ2v) is 6.03. The summed E-state index contributed by atoms with van der Waals surface area (Å²) in [6, 6.07) is 10.1. The molecule has 0 fully saturated rings. The molecule has 0 aliphatic heterocycles. The van der Waals surface area contributed by atoms with Crippen molar-refractivity contribution in [2.45, 2.75) is 13.5 Å². The van der Waals surface area contributed by atoms with Crippen molar-refractivity contribution in [3.63, 3.8) is 0 Å². The van der Waals surface area contributed by atoms with Gasteiger partial charge in [0.25, 0.3) is 5.91 Å². The number of esters is 1. The van der Waals surface area contributed by atoms with Crippen molar-refractivity contribution in [3.05, 3.63) is 52.5 Å². The zero-order valence-electron chi connectivity index (χ0n) is 15.9. The van der Waals surface area contributed by atoms with Gasteiger partial charge in [-0.1, -0.05) is 23.7 Å². The van der Waals surface area contributed by atoms with Crippen LogP contribution in [0.1, 0.15) is 22.8 Å². The van der Waals surface area contributed by atoms with Crippen molar-refractivity contribution in [2.75, 3.05) is 27.4 Å². The zero-order chi connectivity index (χ0) is 20.5. The number of carbonyl (C=O) groups excluding carboxylic acids is 2. The van der Waals surface area contributed by atoms with E-state index >= 15 is 0 Å². The fourth-order valence-corrected chi connectivity index (χ4v) is 2.64. The molecule has 2 rings (SSSR count). The SMILES string of the molecule is CCOc1c(Cl)cc(C(=O)OCC(=O)NCc2cccc(OC)c2)cc1OC. The van der Waals surface area contributed by atoms with Gasteiger partial charge in [-0.2, -0.15) is 0 Å². The third-order valence-corrected chi connectivity index (χ3v) is 3.99. The van der Waals surface area contributed by atoms with Gasteiger partial charge in [0.2, 0.25) is 0 Å². The van der Waals surface area contributed by atoms with Crippen LogP contribution in [0.2, 0.25) is 5.02 Å². The van der Waals surface area contributed by atoms with E-state index in [9.17, 15) is 9.59 Å². The Hall–Kier alpha value is -2.93. The number of rotatable bonds is 9. The molecule has 0 heterocycles. The molecule has 28 heavy (non-hydrogen) atoms. The highest BCUT2D eigenvalue weighted by Crippen LogP contribution is 2.36. The third kappa shape index (κ3) is 5.79. The Labute approximate surface area is 168 Å². The highest BCUT2D eigenvalue weighted by Gasteiger charge is 2.17. The molecule has 0 saturated carbocycles. The minimum absolute atomic E-state index is 0.158. The van der Waals surface area contributed by atoms with Crippen LogP contribution < -0.4 is 19.5 Å². The molecule has 1 amide bonds. The minimum Gasteiger partial charge on any atom is -0.497 e. The summed E-state index contributed by atoms with van der Waals surface area (Å²) in [7, 11) is 3.01. The first-order chi connectivity index (χ1) is 13.5. The lowest BCUT2D eigenvalue weighted by atomic mass is 10.2. The smallest absolute Gasteiger partial charge is 0.338 e. The van der Waals surface area contributed by atoms with E-state index in [1.165, 1.54) is 19.2 Å². The lowest BCUT2D eigenvalue weighted by Gasteiger charge is -2.13. The number of ether oxygens (including phenoxy) is 4. The first-order valence-corrected chi connectivity index (χ1v) is 8.93. The fourth-order valence-electron chi connectivity index (χ4n) is 2.37. The van der Waals surface area contributed by atoms with E-state index in [-0.39, 0.29) is 17.1 Å². The average molecular weight is 408 g/mol. The molecule has 2 aromatic rings. The van der Waals surface area contributed by atoms with Crippen LogP contribution in [0, 0.1) is 0 Å². The van der Waals surface area contributed by atoms with Gasteiger partial charge >= 0.3 is 5.97 Å². The molecule has 0 unspecified atom stereocenters. The monoisotopic (exact) mass is 407 g/mol. The summed E-state index contributed by atoms with van der Waals surface area (Å²) >= 11 is 6.14. The number of methoxy groups -OCH3 is 2. The molecule has 150 valence electrons. The second-order valence-electron chi connectivity index (χ2n) is 5.63. The predicted molar refractivity (Wildman–Crippen MR) is 104 cm³/mol. The van der Waals surface area contributed by atoms with Crippen LogP contribution in [0.4, 0.5) is 0 Å². The molecule has 2 aromatic carbocycles. The lowest BCUT2D eigenvalue weighted by molar-refractivity contribution is -0.124. The molecule has 0 aliphatic carbocycles. The van der Waals surface area contributed by atoms with Crippen molar-refractivity contribution >= 4 is 23.5 Å². The standard InChI is InChI=1S/C20H22ClNO6/c1-4-27-19-16(21)9-14(10-17(19)26-3)20(24)28-12-18(23)22-11-13-6-5-7-15(8-13)25-2/h5-10H,4,11-12H2,1-3H3,(H,22,23). The van der Waals surface area contributed by atoms with Crippen LogP contribution in [0.15, 0.2) is 36.4 Å². The van der Waals surface area contributed by atoms with Crippen LogP contribution in [0.3, 0.4) is 0 Å². The van der Waals surface area contributed by atoms with Gasteiger partial charge in [-0.15, -0.1) is 0 Å². The quantitative estimate of drug-likeness (QED) is 0.642. The van der Waals surface area contributed by atoms with E-state index in [0.29, 0.717) is 23.9 Å². The molecule has 0 aliphatic rings. The van der Waals surface area contributed by atoms with Gasteiger partial charge in [-0.3, -0.25) is 4.79 Å². The number of benzene rings is 2. The summed E-state index contributed by atoms with van der Waals surface area (Å²) in [5.41, 5.74) is 1.02. The average Bonchev–Trinajstić information content (AvgIpc) is 2.71. The van der Waals surface area contributed by atoms with Crippen molar-refractivity contribution in [3.8, 4) is 17.2 Å². The van der Waals surface area contributed by atoms with E-state index in [0.717, 1.165) is 5.56 Å². The van der Waals surface area contributed by atoms with Crippen LogP contribution in [0.5, 0.6) is 17.2 Å². The third-order valence-electron chi connectivity index (χ3n) is 3.71. The van der Waals surface area contributed by atoms with Crippen molar-refractivity contribution in [2.24, 2.45) is 0 Å². The van der Waals surface area contributed by atoms with Gasteiger partial charge in [0.05, 0.1) is 31.4 Å². The minimum atomic E-state index is -0.695. The van der Waals surface area contributed by atoms with Gasteiger partial charge in [-0.05, 0) is 36.8 Å². The first-order valence-electron chi connectivity index (χ1n) is 8.55. The number of carbonyl (C=O) groups is 2. The van der Waals surface area contributed by atoms with Gasteiger partial charge in [-0.25, -0.2) is 4.79 Å². The molecule has 0 bridgehead atoms. The maximum Gasteiger partial charge on any atom is 0.338 e. The topological polar surface area (TPSA) is 83.1 Å². The zero-order valence-corrected chi connectivity index (χ0v) is 16.7. The number of nitrogens with one attached hydrogen (secondary N) is 1. The molecule has 8 heteroatoms. The van der Waals surface area contributed by atoms with Gasteiger partial charge < -0.3 is 24.3 Å². The fraction of sp³-hybridized carbons (Fsp3) is 0.300. The highest BCUT2D eigenvalue weighted by molar-refractivity contribution is 6.32. The second kappa shape index (κ2) is 10.4. The van der Waals surface area contributed by atoms with Crippen molar-refractivity contribution < 1.29 is 28.5 Å². The molecule has 0 radical (unpaired) electrons. The molecular weight excluding hydrogens is 386 g/mol. The molecule has 1 N–H and O–H groups in total. The molecule has 0 saturated heterocycles. The largest absolute Gasteiger partial charge is 0.497 e. The Balaban J connectivity index is 1.92. The molecule has 0 spiro atoms. The van der Waals surface area contributed by atoms with Crippen LogP contribution >= 0.6 is 11.6 Å². The van der Waals surface area contributed by atoms with E-state index in [2.05, 4.69) is 5.32 Å². The summed E-state index contributed by atoms with van der Waals surface area (Å²) in [6.07, 6.45) is 0. The van der Waals surface area contributed by atoms with Crippen LogP contribution in [-0.2, 0) is 16.1 Å². The first kappa shape index (κ1) is 21.4. The predicted octanol–water partition coefficient (Wildman–Crippen LogP) is 3.23. The van der Waals surface area contributed by atoms with E-state index < -0.39 is 18.5 Å². The number of halogens is 1. The summed E-state index contributed by atoms with van der Waals surface area (Å²) in [5, 5.41) is 2.89. The summed E-state index contributed by atoms with van der Waals surface area (Å²) in [4.78, 5) is 24.2. The number of hydrogen-bond donors (Lipinski definition) is 1.